The van der Waals surface area contributed by atoms with Crippen LogP contribution in [0.15, 0.2) is 42.1 Å². The van der Waals surface area contributed by atoms with Gasteiger partial charge in [0.2, 0.25) is 5.91 Å². The first-order valence-corrected chi connectivity index (χ1v) is 9.47. The number of carbonyl (C=O) groups is 1. The molecule has 1 saturated heterocycles. The van der Waals surface area contributed by atoms with E-state index in [9.17, 15) is 4.79 Å². The lowest BCUT2D eigenvalue weighted by Crippen LogP contribution is -2.30. The Hall–Kier alpha value is -2.38. The summed E-state index contributed by atoms with van der Waals surface area (Å²) in [5, 5.41) is 3.56. The van der Waals surface area contributed by atoms with Gasteiger partial charge in [0, 0.05) is 43.3 Å². The summed E-state index contributed by atoms with van der Waals surface area (Å²) in [7, 11) is 1.64. The van der Waals surface area contributed by atoms with Crippen molar-refractivity contribution in [2.45, 2.75) is 25.9 Å². The van der Waals surface area contributed by atoms with Crippen molar-refractivity contribution in [3.05, 3.63) is 52.6 Å². The summed E-state index contributed by atoms with van der Waals surface area (Å²) >= 11 is 1.54. The van der Waals surface area contributed by atoms with Crippen LogP contribution < -0.4 is 15.8 Å². The lowest BCUT2D eigenvalue weighted by molar-refractivity contribution is -0.116. The monoisotopic (exact) mass is 372 g/mol. The van der Waals surface area contributed by atoms with Crippen LogP contribution in [-0.4, -0.2) is 36.0 Å². The number of nitrogens with two attached hydrogens (primary N) is 1. The van der Waals surface area contributed by atoms with Gasteiger partial charge in [-0.25, -0.2) is 4.98 Å². The number of thiazole rings is 1. The molecule has 138 valence electrons. The number of rotatable bonds is 6. The molecular formula is C19H24N4O2S. The molecule has 1 aliphatic heterocycles. The number of benzene rings is 1. The zero-order valence-corrected chi connectivity index (χ0v) is 15.7. The van der Waals surface area contributed by atoms with Crippen molar-refractivity contribution in [1.82, 2.24) is 15.2 Å². The predicted molar refractivity (Wildman–Crippen MR) is 104 cm³/mol. The lowest BCUT2D eigenvalue weighted by atomic mass is 10.0. The number of aromatic nitrogens is 1. The highest BCUT2D eigenvalue weighted by Crippen LogP contribution is 2.21. The Labute approximate surface area is 157 Å². The quantitative estimate of drug-likeness (QED) is 0.762. The van der Waals surface area contributed by atoms with Gasteiger partial charge in [-0.2, -0.15) is 0 Å². The number of nitrogens with zero attached hydrogens (tertiary/aromatic N) is 2. The Bertz CT molecular complexity index is 760. The normalized spacial score (nSPS) is 14.9. The molecule has 0 saturated carbocycles. The highest BCUT2D eigenvalue weighted by molar-refractivity contribution is 7.15. The minimum Gasteiger partial charge on any atom is -0.497 e. The second-order valence-electron chi connectivity index (χ2n) is 6.31. The molecular weight excluding hydrogens is 348 g/mol. The van der Waals surface area contributed by atoms with Gasteiger partial charge in [0.15, 0.2) is 5.13 Å². The average Bonchev–Trinajstić information content (AvgIpc) is 3.07. The predicted octanol–water partition coefficient (Wildman–Crippen LogP) is 2.57. The number of carbonyl (C=O) groups excluding carboxylic acids is 1. The topological polar surface area (TPSA) is 80.5 Å². The van der Waals surface area contributed by atoms with Crippen LogP contribution in [0.5, 0.6) is 5.75 Å². The fraction of sp³-hybridized carbons (Fsp3) is 0.368. The molecule has 0 spiro atoms. The van der Waals surface area contributed by atoms with Crippen LogP contribution in [0, 0.1) is 0 Å². The summed E-state index contributed by atoms with van der Waals surface area (Å²) in [6, 6.07) is 7.70. The fourth-order valence-corrected chi connectivity index (χ4v) is 3.65. The number of nitrogens with one attached hydrogen (secondary N) is 1. The highest BCUT2D eigenvalue weighted by Gasteiger charge is 2.16. The number of piperidine rings is 1. The van der Waals surface area contributed by atoms with Gasteiger partial charge >= 0.3 is 0 Å². The maximum atomic E-state index is 12.1. The highest BCUT2D eigenvalue weighted by atomic mass is 32.1. The largest absolute Gasteiger partial charge is 0.497 e. The van der Waals surface area contributed by atoms with Gasteiger partial charge in [-0.1, -0.05) is 17.7 Å². The van der Waals surface area contributed by atoms with Crippen molar-refractivity contribution in [3.8, 4) is 5.75 Å². The summed E-state index contributed by atoms with van der Waals surface area (Å²) in [4.78, 5) is 19.8. The maximum Gasteiger partial charge on any atom is 0.244 e. The molecule has 0 aliphatic carbocycles. The molecule has 7 heteroatoms. The van der Waals surface area contributed by atoms with Crippen LogP contribution in [0.3, 0.4) is 0 Å². The van der Waals surface area contributed by atoms with Gasteiger partial charge in [0.25, 0.3) is 0 Å². The summed E-state index contributed by atoms with van der Waals surface area (Å²) in [5.74, 6) is 0.787. The molecule has 1 aromatic carbocycles. The summed E-state index contributed by atoms with van der Waals surface area (Å²) in [6.07, 6.45) is 5.44. The maximum absolute atomic E-state index is 12.1. The van der Waals surface area contributed by atoms with Crippen LogP contribution in [0.25, 0.3) is 0 Å². The smallest absolute Gasteiger partial charge is 0.244 e. The third-order valence-electron chi connectivity index (χ3n) is 4.41. The molecule has 6 nitrogen and oxygen atoms in total. The molecule has 1 aromatic heterocycles. The molecule has 2 aromatic rings. The van der Waals surface area contributed by atoms with E-state index in [0.717, 1.165) is 43.8 Å². The molecule has 3 N–H and O–H groups in total. The number of likely N-dealkylation sites (tertiary alicyclic amines) is 1. The first kappa shape index (κ1) is 18.4. The fourth-order valence-electron chi connectivity index (χ4n) is 2.93. The van der Waals surface area contributed by atoms with Crippen LogP contribution >= 0.6 is 11.3 Å². The SMILES string of the molecule is COc1ccc(CNC(=O)C=C2CCN(Cc3cnc(N)s3)CC2)cc1. The van der Waals surface area contributed by atoms with E-state index in [4.69, 9.17) is 10.5 Å². The van der Waals surface area contributed by atoms with Crippen molar-refractivity contribution < 1.29 is 9.53 Å². The summed E-state index contributed by atoms with van der Waals surface area (Å²) in [5.41, 5.74) is 7.93. The standard InChI is InChI=1S/C19H24N4O2S/c1-25-16-4-2-15(3-5-16)11-21-18(24)10-14-6-8-23(9-7-14)13-17-12-22-19(20)26-17/h2-5,10,12H,6-9,11,13H2,1H3,(H2,20,22)(H,21,24). The Morgan fingerprint density at radius 2 is 2.08 bits per heavy atom. The Kier molecular flexibility index (Phi) is 6.25. The Balaban J connectivity index is 1.42. The molecule has 1 aliphatic rings. The van der Waals surface area contributed by atoms with E-state index in [1.54, 1.807) is 13.2 Å². The summed E-state index contributed by atoms with van der Waals surface area (Å²) in [6.45, 7) is 3.31. The van der Waals surface area contributed by atoms with Gasteiger partial charge in [0.1, 0.15) is 5.75 Å². The van der Waals surface area contributed by atoms with Gasteiger partial charge < -0.3 is 15.8 Å². The third-order valence-corrected chi connectivity index (χ3v) is 5.22. The van der Waals surface area contributed by atoms with Crippen molar-refractivity contribution in [2.75, 3.05) is 25.9 Å². The van der Waals surface area contributed by atoms with Gasteiger partial charge in [-0.15, -0.1) is 11.3 Å². The van der Waals surface area contributed by atoms with Gasteiger partial charge in [0.05, 0.1) is 7.11 Å². The van der Waals surface area contributed by atoms with E-state index in [0.29, 0.717) is 11.7 Å². The number of hydrogen-bond donors (Lipinski definition) is 2. The van der Waals surface area contributed by atoms with Crippen LogP contribution in [0.1, 0.15) is 23.3 Å². The van der Waals surface area contributed by atoms with Crippen molar-refractivity contribution in [1.29, 1.82) is 0 Å². The van der Waals surface area contributed by atoms with Gasteiger partial charge in [-0.3, -0.25) is 9.69 Å². The molecule has 26 heavy (non-hydrogen) atoms. The average molecular weight is 372 g/mol. The van der Waals surface area contributed by atoms with Crippen LogP contribution in [0.2, 0.25) is 0 Å². The minimum absolute atomic E-state index is 0.0282. The minimum atomic E-state index is -0.0282. The first-order valence-electron chi connectivity index (χ1n) is 8.65. The molecule has 3 rings (SSSR count). The Morgan fingerprint density at radius 1 is 1.35 bits per heavy atom. The van der Waals surface area contributed by atoms with Crippen LogP contribution in [-0.2, 0) is 17.9 Å². The van der Waals surface area contributed by atoms with E-state index in [-0.39, 0.29) is 5.91 Å². The molecule has 0 unspecified atom stereocenters. The van der Waals surface area contributed by atoms with Crippen molar-refractivity contribution >= 4 is 22.4 Å². The second-order valence-corrected chi connectivity index (χ2v) is 7.46. The number of amides is 1. The number of nitrogen functional groups attached to an aromatic ring is 1. The third kappa shape index (κ3) is 5.31. The molecule has 0 radical (unpaired) electrons. The zero-order valence-electron chi connectivity index (χ0n) is 14.9. The molecule has 2 heterocycles. The molecule has 0 atom stereocenters. The number of anilines is 1. The van der Waals surface area contributed by atoms with Crippen LogP contribution in [0.4, 0.5) is 5.13 Å². The molecule has 1 fully saturated rings. The van der Waals surface area contributed by atoms with E-state index in [1.807, 2.05) is 30.5 Å². The van der Waals surface area contributed by atoms with Crippen molar-refractivity contribution in [3.63, 3.8) is 0 Å². The number of hydrogen-bond acceptors (Lipinski definition) is 6. The van der Waals surface area contributed by atoms with E-state index in [2.05, 4.69) is 15.2 Å². The van der Waals surface area contributed by atoms with E-state index >= 15 is 0 Å². The zero-order chi connectivity index (χ0) is 18.4. The number of ether oxygens (including phenoxy) is 1. The second kappa shape index (κ2) is 8.82. The molecule has 0 bridgehead atoms. The van der Waals surface area contributed by atoms with E-state index < -0.39 is 0 Å². The lowest BCUT2D eigenvalue weighted by Gasteiger charge is -2.27. The Morgan fingerprint density at radius 3 is 2.69 bits per heavy atom. The van der Waals surface area contributed by atoms with Gasteiger partial charge in [-0.05, 0) is 30.5 Å². The molecule has 1 amide bonds. The summed E-state index contributed by atoms with van der Waals surface area (Å²) < 4.78 is 5.13. The number of methoxy groups -OCH3 is 1. The van der Waals surface area contributed by atoms with Crippen molar-refractivity contribution in [2.24, 2.45) is 0 Å². The van der Waals surface area contributed by atoms with E-state index in [1.165, 1.54) is 21.8 Å². The first-order chi connectivity index (χ1) is 12.6.